The smallest absolute Gasteiger partial charge is 0.224 e. The van der Waals surface area contributed by atoms with Gasteiger partial charge < -0.3 is 9.80 Å². The topological polar surface area (TPSA) is 40.6 Å². The van der Waals surface area contributed by atoms with E-state index in [4.69, 9.17) is 0 Å². The lowest BCUT2D eigenvalue weighted by molar-refractivity contribution is -0.133. The summed E-state index contributed by atoms with van der Waals surface area (Å²) in [6.45, 7) is 5.47. The summed E-state index contributed by atoms with van der Waals surface area (Å²) in [5.74, 6) is 0.102. The molecule has 0 N–H and O–H groups in total. The lowest BCUT2D eigenvalue weighted by Crippen LogP contribution is -2.34. The lowest BCUT2D eigenvalue weighted by atomic mass is 10.2. The van der Waals surface area contributed by atoms with Gasteiger partial charge in [0.05, 0.1) is 0 Å². The van der Waals surface area contributed by atoms with Gasteiger partial charge in [-0.1, -0.05) is 43.7 Å². The molecule has 0 aromatic heterocycles. The molecule has 2 amide bonds. The summed E-state index contributed by atoms with van der Waals surface area (Å²) in [6, 6.07) is 9.85. The van der Waals surface area contributed by atoms with Crippen LogP contribution in [0.1, 0.15) is 38.7 Å². The second-order valence-corrected chi connectivity index (χ2v) is 5.35. The summed E-state index contributed by atoms with van der Waals surface area (Å²) in [4.78, 5) is 27.2. The van der Waals surface area contributed by atoms with E-state index in [9.17, 15) is 9.59 Å². The van der Waals surface area contributed by atoms with Crippen molar-refractivity contribution in [3.63, 3.8) is 0 Å². The number of benzene rings is 1. The monoisotopic (exact) mass is 290 g/mol. The summed E-state index contributed by atoms with van der Waals surface area (Å²) < 4.78 is 0. The van der Waals surface area contributed by atoms with Crippen molar-refractivity contribution in [1.29, 1.82) is 0 Å². The third-order valence-corrected chi connectivity index (χ3v) is 3.53. The van der Waals surface area contributed by atoms with Crippen molar-refractivity contribution in [2.45, 2.75) is 39.7 Å². The minimum Gasteiger partial charge on any atom is -0.346 e. The fourth-order valence-electron chi connectivity index (χ4n) is 2.09. The highest BCUT2D eigenvalue weighted by Gasteiger charge is 2.14. The van der Waals surface area contributed by atoms with E-state index in [1.807, 2.05) is 37.4 Å². The van der Waals surface area contributed by atoms with E-state index in [-0.39, 0.29) is 11.8 Å². The van der Waals surface area contributed by atoms with E-state index in [0.29, 0.717) is 19.5 Å². The molecule has 0 aliphatic carbocycles. The van der Waals surface area contributed by atoms with E-state index in [1.165, 1.54) is 0 Å². The zero-order valence-electron chi connectivity index (χ0n) is 13.3. The maximum Gasteiger partial charge on any atom is 0.224 e. The molecule has 1 aromatic rings. The molecule has 1 aromatic carbocycles. The molecule has 1 rings (SSSR count). The third kappa shape index (κ3) is 6.43. The normalized spacial score (nSPS) is 10.2. The van der Waals surface area contributed by atoms with E-state index in [0.717, 1.165) is 24.9 Å². The Morgan fingerprint density at radius 2 is 1.76 bits per heavy atom. The van der Waals surface area contributed by atoms with Gasteiger partial charge in [-0.3, -0.25) is 9.59 Å². The average Bonchev–Trinajstić information content (AvgIpc) is 2.49. The third-order valence-electron chi connectivity index (χ3n) is 3.53. The van der Waals surface area contributed by atoms with Crippen LogP contribution in [0.2, 0.25) is 0 Å². The number of hydrogen-bond donors (Lipinski definition) is 0. The molecule has 0 fully saturated rings. The van der Waals surface area contributed by atoms with Crippen molar-refractivity contribution in [2.75, 3.05) is 20.1 Å². The maximum atomic E-state index is 12.0. The van der Waals surface area contributed by atoms with Crippen LogP contribution in [0.3, 0.4) is 0 Å². The Kier molecular flexibility index (Phi) is 7.51. The van der Waals surface area contributed by atoms with Crippen molar-refractivity contribution >= 4 is 11.8 Å². The maximum absolute atomic E-state index is 12.0. The number of rotatable bonds is 8. The van der Waals surface area contributed by atoms with Gasteiger partial charge in [0.15, 0.2) is 0 Å². The quantitative estimate of drug-likeness (QED) is 0.738. The molecule has 0 bridgehead atoms. The lowest BCUT2D eigenvalue weighted by Gasteiger charge is -2.23. The average molecular weight is 290 g/mol. The van der Waals surface area contributed by atoms with Gasteiger partial charge in [0, 0.05) is 40.0 Å². The van der Waals surface area contributed by atoms with Crippen LogP contribution in [0.15, 0.2) is 30.3 Å². The largest absolute Gasteiger partial charge is 0.346 e. The first kappa shape index (κ1) is 17.2. The fourth-order valence-corrected chi connectivity index (χ4v) is 2.09. The molecule has 0 aliphatic rings. The van der Waals surface area contributed by atoms with E-state index < -0.39 is 0 Å². The van der Waals surface area contributed by atoms with Gasteiger partial charge in [-0.2, -0.15) is 0 Å². The van der Waals surface area contributed by atoms with Crippen molar-refractivity contribution in [2.24, 2.45) is 0 Å². The molecule has 0 unspecified atom stereocenters. The molecular weight excluding hydrogens is 264 g/mol. The Morgan fingerprint density at radius 3 is 2.33 bits per heavy atom. The van der Waals surface area contributed by atoms with Gasteiger partial charge in [0.1, 0.15) is 0 Å². The summed E-state index contributed by atoms with van der Waals surface area (Å²) in [5, 5.41) is 0. The molecule has 0 spiro atoms. The summed E-state index contributed by atoms with van der Waals surface area (Å²) in [6.07, 6.45) is 2.47. The van der Waals surface area contributed by atoms with Gasteiger partial charge >= 0.3 is 0 Å². The highest BCUT2D eigenvalue weighted by atomic mass is 16.2. The zero-order valence-corrected chi connectivity index (χ0v) is 13.3. The Morgan fingerprint density at radius 1 is 1.10 bits per heavy atom. The molecule has 116 valence electrons. The van der Waals surface area contributed by atoms with Crippen molar-refractivity contribution in [3.05, 3.63) is 35.9 Å². The van der Waals surface area contributed by atoms with Crippen LogP contribution in [-0.4, -0.2) is 41.8 Å². The number of carbonyl (C=O) groups is 2. The standard InChI is InChI=1S/C17H26N2O2/c1-4-5-12-18(3)17(21)11-13-19(15(2)20)14-16-9-7-6-8-10-16/h6-10H,4-5,11-14H2,1-3H3. The molecule has 4 nitrogen and oxygen atoms in total. The summed E-state index contributed by atoms with van der Waals surface area (Å²) in [7, 11) is 1.83. The van der Waals surface area contributed by atoms with Gasteiger partial charge in [-0.25, -0.2) is 0 Å². The second-order valence-electron chi connectivity index (χ2n) is 5.35. The number of hydrogen-bond acceptors (Lipinski definition) is 2. The first-order chi connectivity index (χ1) is 10.0. The van der Waals surface area contributed by atoms with Crippen LogP contribution in [0.25, 0.3) is 0 Å². The number of nitrogens with zero attached hydrogens (tertiary/aromatic N) is 2. The van der Waals surface area contributed by atoms with Crippen LogP contribution >= 0.6 is 0 Å². The predicted octanol–water partition coefficient (Wildman–Crippen LogP) is 2.68. The van der Waals surface area contributed by atoms with Crippen molar-refractivity contribution in [1.82, 2.24) is 9.80 Å². The summed E-state index contributed by atoms with van der Waals surface area (Å²) >= 11 is 0. The number of amides is 2. The van der Waals surface area contributed by atoms with E-state index in [2.05, 4.69) is 6.92 Å². The van der Waals surface area contributed by atoms with Crippen LogP contribution < -0.4 is 0 Å². The Labute approximate surface area is 127 Å². The molecular formula is C17H26N2O2. The highest BCUT2D eigenvalue weighted by Crippen LogP contribution is 2.06. The molecule has 4 heteroatoms. The number of carbonyl (C=O) groups excluding carboxylic acids is 2. The van der Waals surface area contributed by atoms with Crippen LogP contribution in [0.5, 0.6) is 0 Å². The van der Waals surface area contributed by atoms with Crippen molar-refractivity contribution < 1.29 is 9.59 Å². The minimum atomic E-state index is 0.00265. The highest BCUT2D eigenvalue weighted by molar-refractivity contribution is 5.78. The fraction of sp³-hybridized carbons (Fsp3) is 0.529. The van der Waals surface area contributed by atoms with Gasteiger partial charge in [0.25, 0.3) is 0 Å². The van der Waals surface area contributed by atoms with E-state index in [1.54, 1.807) is 16.7 Å². The Bertz CT molecular complexity index is 445. The number of unbranched alkanes of at least 4 members (excludes halogenated alkanes) is 1. The van der Waals surface area contributed by atoms with Crippen molar-refractivity contribution in [3.8, 4) is 0 Å². The molecule has 21 heavy (non-hydrogen) atoms. The predicted molar refractivity (Wildman–Crippen MR) is 84.7 cm³/mol. The van der Waals surface area contributed by atoms with E-state index >= 15 is 0 Å². The molecule has 0 aliphatic heterocycles. The van der Waals surface area contributed by atoms with Gasteiger partial charge in [-0.05, 0) is 12.0 Å². The first-order valence-electron chi connectivity index (χ1n) is 7.58. The molecule has 0 heterocycles. The summed E-state index contributed by atoms with van der Waals surface area (Å²) in [5.41, 5.74) is 1.08. The second kappa shape index (κ2) is 9.16. The SMILES string of the molecule is CCCCN(C)C(=O)CCN(Cc1ccccc1)C(C)=O. The molecule has 0 radical (unpaired) electrons. The van der Waals surface area contributed by atoms with Gasteiger partial charge in [0.2, 0.25) is 11.8 Å². The van der Waals surface area contributed by atoms with Crippen LogP contribution in [0, 0.1) is 0 Å². The van der Waals surface area contributed by atoms with Crippen LogP contribution in [-0.2, 0) is 16.1 Å². The molecule has 0 saturated carbocycles. The zero-order chi connectivity index (χ0) is 15.7. The Hall–Kier alpha value is -1.84. The molecule has 0 atom stereocenters. The van der Waals surface area contributed by atoms with Crippen LogP contribution in [0.4, 0.5) is 0 Å². The molecule has 0 saturated heterocycles. The Balaban J connectivity index is 2.48. The first-order valence-corrected chi connectivity index (χ1v) is 7.58. The minimum absolute atomic E-state index is 0.00265. The van der Waals surface area contributed by atoms with Gasteiger partial charge in [-0.15, -0.1) is 0 Å².